The molecule has 0 bridgehead atoms. The van der Waals surface area contributed by atoms with E-state index in [0.29, 0.717) is 20.0 Å². The van der Waals surface area contributed by atoms with E-state index in [0.717, 1.165) is 10.2 Å². The Balaban J connectivity index is 1.77. The van der Waals surface area contributed by atoms with Gasteiger partial charge in [-0.2, -0.15) is 5.26 Å². The predicted octanol–water partition coefficient (Wildman–Crippen LogP) is 5.14. The third kappa shape index (κ3) is 2.39. The van der Waals surface area contributed by atoms with Crippen molar-refractivity contribution in [3.05, 3.63) is 64.2 Å². The Hall–Kier alpha value is -2.62. The van der Waals surface area contributed by atoms with Crippen molar-refractivity contribution in [3.8, 4) is 6.07 Å². The highest BCUT2D eigenvalue weighted by molar-refractivity contribution is 7.21. The molecule has 0 fully saturated rings. The molecule has 1 atom stereocenters. The zero-order chi connectivity index (χ0) is 16.7. The maximum absolute atomic E-state index is 13.8. The minimum atomic E-state index is -0.974. The van der Waals surface area contributed by atoms with E-state index in [9.17, 15) is 14.4 Å². The summed E-state index contributed by atoms with van der Waals surface area (Å²) in [4.78, 5) is 17.5. The van der Waals surface area contributed by atoms with Gasteiger partial charge in [-0.25, -0.2) is 9.37 Å². The quantitative estimate of drug-likeness (QED) is 0.480. The highest BCUT2D eigenvalue weighted by Gasteiger charge is 2.27. The number of carbonyl (C=O) groups excluding carboxylic acids is 1. The Morgan fingerprint density at radius 3 is 2.67 bits per heavy atom. The first-order valence-corrected chi connectivity index (χ1v) is 8.78. The summed E-state index contributed by atoms with van der Waals surface area (Å²) in [6, 6.07) is 15.8. The van der Waals surface area contributed by atoms with Crippen molar-refractivity contribution in [1.82, 2.24) is 4.98 Å². The molecule has 4 rings (SSSR count). The molecule has 0 amide bonds. The molecular formula is C18H9FN2OS2. The van der Waals surface area contributed by atoms with Crippen molar-refractivity contribution in [2.45, 2.75) is 5.92 Å². The molecule has 0 spiro atoms. The third-order valence-corrected chi connectivity index (χ3v) is 5.92. The summed E-state index contributed by atoms with van der Waals surface area (Å²) in [5.74, 6) is -1.67. The number of nitrogens with zero attached hydrogens (tertiary/aromatic N) is 2. The monoisotopic (exact) mass is 352 g/mol. The van der Waals surface area contributed by atoms with Gasteiger partial charge in [0.15, 0.2) is 11.7 Å². The summed E-state index contributed by atoms with van der Waals surface area (Å²) >= 11 is 2.54. The molecule has 24 heavy (non-hydrogen) atoms. The number of fused-ring (bicyclic) bond motifs is 2. The number of nitriles is 1. The lowest BCUT2D eigenvalue weighted by Gasteiger charge is -2.01. The number of rotatable bonds is 3. The number of ketones is 1. The number of benzene rings is 2. The Bertz CT molecular complexity index is 1090. The Morgan fingerprint density at radius 2 is 1.92 bits per heavy atom. The van der Waals surface area contributed by atoms with Crippen LogP contribution in [0, 0.1) is 17.1 Å². The number of aromatic nitrogens is 1. The molecule has 0 aliphatic carbocycles. The molecule has 0 N–H and O–H groups in total. The van der Waals surface area contributed by atoms with Gasteiger partial charge in [-0.15, -0.1) is 22.7 Å². The molecule has 0 radical (unpaired) electrons. The van der Waals surface area contributed by atoms with E-state index in [4.69, 9.17) is 0 Å². The van der Waals surface area contributed by atoms with Gasteiger partial charge in [-0.3, -0.25) is 4.79 Å². The molecule has 0 unspecified atom stereocenters. The topological polar surface area (TPSA) is 53.8 Å². The van der Waals surface area contributed by atoms with E-state index in [-0.39, 0.29) is 11.6 Å². The lowest BCUT2D eigenvalue weighted by molar-refractivity contribution is 0.0983. The highest BCUT2D eigenvalue weighted by Crippen LogP contribution is 2.33. The number of hydrogen-bond acceptors (Lipinski definition) is 5. The lowest BCUT2D eigenvalue weighted by Crippen LogP contribution is -2.09. The van der Waals surface area contributed by atoms with Gasteiger partial charge in [-0.1, -0.05) is 18.2 Å². The van der Waals surface area contributed by atoms with Gasteiger partial charge in [-0.05, 0) is 30.3 Å². The standard InChI is InChI=1S/C18H9FN2OS2/c19-12-4-3-7-14-10(12)8-16(23-14)17(22)11(9-20)18-21-13-5-1-2-6-15(13)24-18/h1-8,11H/t11-/m1/s1. The van der Waals surface area contributed by atoms with E-state index < -0.39 is 5.92 Å². The third-order valence-electron chi connectivity index (χ3n) is 3.70. The maximum atomic E-state index is 13.8. The van der Waals surface area contributed by atoms with Gasteiger partial charge in [0.2, 0.25) is 0 Å². The van der Waals surface area contributed by atoms with Gasteiger partial charge < -0.3 is 0 Å². The second-order valence-corrected chi connectivity index (χ2v) is 7.35. The second kappa shape index (κ2) is 5.78. The van der Waals surface area contributed by atoms with Gasteiger partial charge >= 0.3 is 0 Å². The van der Waals surface area contributed by atoms with Crippen LogP contribution in [0.15, 0.2) is 48.5 Å². The van der Waals surface area contributed by atoms with Gasteiger partial charge in [0.1, 0.15) is 10.8 Å². The number of halogens is 1. The van der Waals surface area contributed by atoms with E-state index in [1.165, 1.54) is 34.8 Å². The van der Waals surface area contributed by atoms with Crippen LogP contribution >= 0.6 is 22.7 Å². The summed E-state index contributed by atoms with van der Waals surface area (Å²) in [7, 11) is 0. The largest absolute Gasteiger partial charge is 0.291 e. The fourth-order valence-corrected chi connectivity index (χ4v) is 4.59. The summed E-state index contributed by atoms with van der Waals surface area (Å²) in [5.41, 5.74) is 0.771. The fourth-order valence-electron chi connectivity index (χ4n) is 2.53. The molecule has 0 saturated carbocycles. The van der Waals surface area contributed by atoms with Crippen LogP contribution in [0.3, 0.4) is 0 Å². The molecule has 116 valence electrons. The maximum Gasteiger partial charge on any atom is 0.196 e. The first-order valence-electron chi connectivity index (χ1n) is 7.15. The molecule has 6 heteroatoms. The van der Waals surface area contributed by atoms with Crippen LogP contribution in [-0.2, 0) is 0 Å². The van der Waals surface area contributed by atoms with Crippen LogP contribution in [0.25, 0.3) is 20.3 Å². The van der Waals surface area contributed by atoms with E-state index >= 15 is 0 Å². The average Bonchev–Trinajstić information content (AvgIpc) is 3.19. The number of thiophene rings is 1. The number of Topliss-reactive ketones (excluding diaryl/α,β-unsaturated/α-hetero) is 1. The summed E-state index contributed by atoms with van der Waals surface area (Å²) in [6.45, 7) is 0. The normalized spacial score (nSPS) is 12.3. The SMILES string of the molecule is N#C[C@H](C(=O)c1cc2c(F)cccc2s1)c1nc2ccccc2s1. The molecule has 4 aromatic rings. The van der Waals surface area contributed by atoms with Crippen LogP contribution < -0.4 is 0 Å². The molecule has 3 nitrogen and oxygen atoms in total. The van der Waals surface area contributed by atoms with Crippen molar-refractivity contribution in [1.29, 1.82) is 5.26 Å². The van der Waals surface area contributed by atoms with Gasteiger partial charge in [0.05, 0.1) is 21.2 Å². The van der Waals surface area contributed by atoms with Crippen molar-refractivity contribution in [3.63, 3.8) is 0 Å². The first kappa shape index (κ1) is 14.9. The minimum Gasteiger partial charge on any atom is -0.291 e. The zero-order valence-corrected chi connectivity index (χ0v) is 13.8. The average molecular weight is 352 g/mol. The second-order valence-electron chi connectivity index (χ2n) is 5.21. The van der Waals surface area contributed by atoms with E-state index in [1.807, 2.05) is 30.3 Å². The zero-order valence-electron chi connectivity index (χ0n) is 12.2. The summed E-state index contributed by atoms with van der Waals surface area (Å²) in [6.07, 6.45) is 0. The van der Waals surface area contributed by atoms with Crippen molar-refractivity contribution < 1.29 is 9.18 Å². The van der Waals surface area contributed by atoms with Crippen molar-refractivity contribution in [2.24, 2.45) is 0 Å². The number of thiazole rings is 1. The van der Waals surface area contributed by atoms with Gasteiger partial charge in [0.25, 0.3) is 0 Å². The smallest absolute Gasteiger partial charge is 0.196 e. The van der Waals surface area contributed by atoms with Crippen LogP contribution in [0.5, 0.6) is 0 Å². The van der Waals surface area contributed by atoms with Crippen LogP contribution in [-0.4, -0.2) is 10.8 Å². The van der Waals surface area contributed by atoms with Crippen LogP contribution in [0.1, 0.15) is 20.6 Å². The lowest BCUT2D eigenvalue weighted by atomic mass is 10.1. The highest BCUT2D eigenvalue weighted by atomic mass is 32.1. The molecule has 2 heterocycles. The number of carbonyl (C=O) groups is 1. The molecule has 0 aliphatic rings. The molecule has 2 aromatic carbocycles. The summed E-state index contributed by atoms with van der Waals surface area (Å²) in [5, 5.41) is 10.4. The number of para-hydroxylation sites is 1. The minimum absolute atomic E-state index is 0.336. The van der Waals surface area contributed by atoms with Crippen LogP contribution in [0.4, 0.5) is 4.39 Å². The predicted molar refractivity (Wildman–Crippen MR) is 94.1 cm³/mol. The Labute approximate surface area is 144 Å². The molecule has 2 aromatic heterocycles. The van der Waals surface area contributed by atoms with Crippen LogP contribution in [0.2, 0.25) is 0 Å². The fraction of sp³-hybridized carbons (Fsp3) is 0.0556. The molecule has 0 aliphatic heterocycles. The van der Waals surface area contributed by atoms with E-state index in [2.05, 4.69) is 4.98 Å². The first-order chi connectivity index (χ1) is 11.7. The summed E-state index contributed by atoms with van der Waals surface area (Å²) < 4.78 is 15.5. The Morgan fingerprint density at radius 1 is 1.12 bits per heavy atom. The Kier molecular flexibility index (Phi) is 3.60. The number of hydrogen-bond donors (Lipinski definition) is 0. The van der Waals surface area contributed by atoms with E-state index in [1.54, 1.807) is 12.1 Å². The van der Waals surface area contributed by atoms with Crippen molar-refractivity contribution >= 4 is 48.8 Å². The molecule has 0 saturated heterocycles. The van der Waals surface area contributed by atoms with Gasteiger partial charge in [0, 0.05) is 10.1 Å². The van der Waals surface area contributed by atoms with Crippen molar-refractivity contribution in [2.75, 3.05) is 0 Å². The molecular weight excluding hydrogens is 343 g/mol.